The van der Waals surface area contributed by atoms with Crippen molar-refractivity contribution in [2.45, 2.75) is 17.9 Å². The highest BCUT2D eigenvalue weighted by Crippen LogP contribution is 2.29. The van der Waals surface area contributed by atoms with E-state index in [1.54, 1.807) is 0 Å². The number of hydrogen-bond acceptors (Lipinski definition) is 6. The van der Waals surface area contributed by atoms with Crippen LogP contribution in [0.3, 0.4) is 0 Å². The first-order valence-electron chi connectivity index (χ1n) is 6.58. The molecule has 1 saturated heterocycles. The molecule has 0 aromatic heterocycles. The standard InChI is InChI=1S/C12H16ClN3O5S/c1-8-11(13)4-10(5-12(8)16(17)18)22(19,20)15-7-9-6-14-2-3-21-9/h4-5,9,14-15H,2-3,6-7H2,1H3. The van der Waals surface area contributed by atoms with E-state index in [1.807, 2.05) is 0 Å². The molecule has 22 heavy (non-hydrogen) atoms. The van der Waals surface area contributed by atoms with Crippen LogP contribution in [0.4, 0.5) is 5.69 Å². The van der Waals surface area contributed by atoms with E-state index in [0.29, 0.717) is 13.2 Å². The Morgan fingerprint density at radius 2 is 2.27 bits per heavy atom. The summed E-state index contributed by atoms with van der Waals surface area (Å²) in [5.41, 5.74) is -0.103. The Morgan fingerprint density at radius 1 is 1.55 bits per heavy atom. The highest BCUT2D eigenvalue weighted by atomic mass is 35.5. The van der Waals surface area contributed by atoms with Gasteiger partial charge in [0.05, 0.1) is 27.6 Å². The number of nitro benzene ring substituents is 1. The van der Waals surface area contributed by atoms with Crippen LogP contribution in [0.2, 0.25) is 5.02 Å². The third-order valence-corrected chi connectivity index (χ3v) is 5.10. The molecule has 1 aliphatic rings. The van der Waals surface area contributed by atoms with E-state index < -0.39 is 14.9 Å². The van der Waals surface area contributed by atoms with Crippen LogP contribution in [0.5, 0.6) is 0 Å². The first kappa shape index (κ1) is 17.1. The Labute approximate surface area is 133 Å². The zero-order chi connectivity index (χ0) is 16.3. The third kappa shape index (κ3) is 3.93. The number of nitrogens with one attached hydrogen (secondary N) is 2. The van der Waals surface area contributed by atoms with Gasteiger partial charge in [0.25, 0.3) is 5.69 Å². The van der Waals surface area contributed by atoms with Crippen LogP contribution < -0.4 is 10.0 Å². The van der Waals surface area contributed by atoms with Crippen LogP contribution in [-0.2, 0) is 14.8 Å². The highest BCUT2D eigenvalue weighted by molar-refractivity contribution is 7.89. The van der Waals surface area contributed by atoms with Crippen molar-refractivity contribution in [1.29, 1.82) is 0 Å². The third-order valence-electron chi connectivity index (χ3n) is 3.30. The first-order valence-corrected chi connectivity index (χ1v) is 8.44. The summed E-state index contributed by atoms with van der Waals surface area (Å²) in [7, 11) is -3.90. The van der Waals surface area contributed by atoms with Crippen LogP contribution in [0.15, 0.2) is 17.0 Å². The van der Waals surface area contributed by atoms with Crippen molar-refractivity contribution >= 4 is 27.3 Å². The summed E-state index contributed by atoms with van der Waals surface area (Å²) in [6.07, 6.45) is -0.278. The second kappa shape index (κ2) is 6.88. The predicted octanol–water partition coefficient (Wildman–Crippen LogP) is 0.823. The molecule has 0 radical (unpaired) electrons. The molecule has 0 aliphatic carbocycles. The molecule has 0 spiro atoms. The number of nitrogens with zero attached hydrogens (tertiary/aromatic N) is 1. The molecule has 1 aromatic carbocycles. The van der Waals surface area contributed by atoms with E-state index in [2.05, 4.69) is 10.0 Å². The molecule has 122 valence electrons. The maximum absolute atomic E-state index is 12.2. The van der Waals surface area contributed by atoms with Crippen molar-refractivity contribution < 1.29 is 18.1 Å². The molecule has 0 saturated carbocycles. The van der Waals surface area contributed by atoms with Crippen molar-refractivity contribution in [3.63, 3.8) is 0 Å². The van der Waals surface area contributed by atoms with Crippen molar-refractivity contribution in [2.24, 2.45) is 0 Å². The summed E-state index contributed by atoms with van der Waals surface area (Å²) < 4.78 is 32.3. The van der Waals surface area contributed by atoms with Gasteiger partial charge in [0.15, 0.2) is 0 Å². The predicted molar refractivity (Wildman–Crippen MR) is 80.6 cm³/mol. The largest absolute Gasteiger partial charge is 0.374 e. The molecule has 8 nitrogen and oxygen atoms in total. The lowest BCUT2D eigenvalue weighted by molar-refractivity contribution is -0.385. The average Bonchev–Trinajstić information content (AvgIpc) is 2.48. The fraction of sp³-hybridized carbons (Fsp3) is 0.500. The fourth-order valence-corrected chi connectivity index (χ4v) is 3.41. The lowest BCUT2D eigenvalue weighted by atomic mass is 10.2. The lowest BCUT2D eigenvalue weighted by Crippen LogP contribution is -2.45. The van der Waals surface area contributed by atoms with Gasteiger partial charge in [0, 0.05) is 31.3 Å². The van der Waals surface area contributed by atoms with Crippen LogP contribution in [0.25, 0.3) is 0 Å². The molecule has 1 heterocycles. The second-order valence-corrected chi connectivity index (χ2v) is 7.03. The summed E-state index contributed by atoms with van der Waals surface area (Å²) in [5, 5.41) is 14.1. The Hall–Kier alpha value is -1.26. The monoisotopic (exact) mass is 349 g/mol. The number of nitro groups is 1. The highest BCUT2D eigenvalue weighted by Gasteiger charge is 2.24. The van der Waals surface area contributed by atoms with Crippen LogP contribution >= 0.6 is 11.6 Å². The number of benzene rings is 1. The second-order valence-electron chi connectivity index (χ2n) is 4.86. The van der Waals surface area contributed by atoms with Crippen LogP contribution in [0.1, 0.15) is 5.56 Å². The Morgan fingerprint density at radius 3 is 2.86 bits per heavy atom. The number of hydrogen-bond donors (Lipinski definition) is 2. The van der Waals surface area contributed by atoms with Gasteiger partial charge in [-0.1, -0.05) is 11.6 Å². The van der Waals surface area contributed by atoms with E-state index in [-0.39, 0.29) is 33.8 Å². The normalized spacial score (nSPS) is 19.1. The van der Waals surface area contributed by atoms with Crippen LogP contribution in [-0.4, -0.2) is 45.7 Å². The molecular weight excluding hydrogens is 334 g/mol. The summed E-state index contributed by atoms with van der Waals surface area (Å²) in [6.45, 7) is 3.31. The quantitative estimate of drug-likeness (QED) is 0.601. The van der Waals surface area contributed by atoms with E-state index in [9.17, 15) is 18.5 Å². The van der Waals surface area contributed by atoms with Gasteiger partial charge in [-0.15, -0.1) is 0 Å². The van der Waals surface area contributed by atoms with Gasteiger partial charge in [-0.2, -0.15) is 0 Å². The van der Waals surface area contributed by atoms with Gasteiger partial charge in [0.2, 0.25) is 10.0 Å². The van der Waals surface area contributed by atoms with Gasteiger partial charge >= 0.3 is 0 Å². The summed E-state index contributed by atoms with van der Waals surface area (Å²) in [4.78, 5) is 10.1. The topological polar surface area (TPSA) is 111 Å². The van der Waals surface area contributed by atoms with Gasteiger partial charge < -0.3 is 10.1 Å². The van der Waals surface area contributed by atoms with Gasteiger partial charge in [0.1, 0.15) is 0 Å². The van der Waals surface area contributed by atoms with Crippen molar-refractivity contribution in [3.8, 4) is 0 Å². The molecule has 2 N–H and O–H groups in total. The average molecular weight is 350 g/mol. The van der Waals surface area contributed by atoms with Crippen LogP contribution in [0, 0.1) is 17.0 Å². The number of halogens is 1. The molecule has 1 aromatic rings. The number of ether oxygens (including phenoxy) is 1. The minimum Gasteiger partial charge on any atom is -0.374 e. The number of sulfonamides is 1. The smallest absolute Gasteiger partial charge is 0.275 e. The zero-order valence-corrected chi connectivity index (χ0v) is 13.4. The zero-order valence-electron chi connectivity index (χ0n) is 11.8. The van der Waals surface area contributed by atoms with Crippen molar-refractivity contribution in [3.05, 3.63) is 32.8 Å². The fourth-order valence-electron chi connectivity index (χ4n) is 2.02. The van der Waals surface area contributed by atoms with E-state index in [1.165, 1.54) is 13.0 Å². The summed E-state index contributed by atoms with van der Waals surface area (Å²) >= 11 is 5.89. The summed E-state index contributed by atoms with van der Waals surface area (Å²) in [6, 6.07) is 2.20. The van der Waals surface area contributed by atoms with E-state index in [4.69, 9.17) is 16.3 Å². The molecule has 10 heteroatoms. The molecule has 1 aliphatic heterocycles. The minimum atomic E-state index is -3.90. The molecule has 2 rings (SSSR count). The molecule has 1 atom stereocenters. The molecule has 1 fully saturated rings. The van der Waals surface area contributed by atoms with Crippen molar-refractivity contribution in [1.82, 2.24) is 10.0 Å². The van der Waals surface area contributed by atoms with Gasteiger partial charge in [-0.05, 0) is 13.0 Å². The molecular formula is C12H16ClN3O5S. The Bertz CT molecular complexity index is 674. The Kier molecular flexibility index (Phi) is 5.35. The maximum Gasteiger partial charge on any atom is 0.275 e. The Balaban J connectivity index is 2.19. The summed E-state index contributed by atoms with van der Waals surface area (Å²) in [5.74, 6) is 0. The van der Waals surface area contributed by atoms with Crippen molar-refractivity contribution in [2.75, 3.05) is 26.2 Å². The lowest BCUT2D eigenvalue weighted by Gasteiger charge is -2.23. The van der Waals surface area contributed by atoms with Gasteiger partial charge in [-0.3, -0.25) is 10.1 Å². The SMILES string of the molecule is Cc1c(Cl)cc(S(=O)(=O)NCC2CNCCO2)cc1[N+](=O)[O-]. The molecule has 1 unspecified atom stereocenters. The first-order chi connectivity index (χ1) is 10.3. The molecule has 0 amide bonds. The minimum absolute atomic E-state index is 0.0326. The number of rotatable bonds is 5. The maximum atomic E-state index is 12.2. The molecule has 0 bridgehead atoms. The van der Waals surface area contributed by atoms with Gasteiger partial charge in [-0.25, -0.2) is 13.1 Å². The van der Waals surface area contributed by atoms with E-state index >= 15 is 0 Å². The van der Waals surface area contributed by atoms with E-state index in [0.717, 1.165) is 12.6 Å². The number of morpholine rings is 1.